The van der Waals surface area contributed by atoms with Crippen molar-refractivity contribution in [2.75, 3.05) is 18.0 Å². The number of aromatic nitrogens is 4. The quantitative estimate of drug-likeness (QED) is 0.789. The van der Waals surface area contributed by atoms with Gasteiger partial charge in [-0.3, -0.25) is 0 Å². The minimum Gasteiger partial charge on any atom is -0.351 e. The molecular formula is C15H13ClFN5. The third kappa shape index (κ3) is 2.11. The highest BCUT2D eigenvalue weighted by atomic mass is 35.5. The SMILES string of the molecule is FC1(c2cccc(Cl)c2)CCN(c2ncnc3nc[nH]c23)C1. The molecule has 0 aliphatic carbocycles. The van der Waals surface area contributed by atoms with E-state index in [2.05, 4.69) is 19.9 Å². The fourth-order valence-electron chi connectivity index (χ4n) is 2.95. The number of benzene rings is 1. The van der Waals surface area contributed by atoms with Crippen LogP contribution in [0.25, 0.3) is 11.2 Å². The van der Waals surface area contributed by atoms with Gasteiger partial charge >= 0.3 is 0 Å². The van der Waals surface area contributed by atoms with Gasteiger partial charge in [-0.15, -0.1) is 0 Å². The van der Waals surface area contributed by atoms with Gasteiger partial charge in [-0.1, -0.05) is 23.7 Å². The Bertz CT molecular complexity index is 835. The zero-order valence-corrected chi connectivity index (χ0v) is 12.4. The topological polar surface area (TPSA) is 57.7 Å². The zero-order chi connectivity index (χ0) is 15.2. The number of halogens is 2. The van der Waals surface area contributed by atoms with Crippen LogP contribution >= 0.6 is 11.6 Å². The average Bonchev–Trinajstić information content (AvgIpc) is 3.14. The molecule has 1 saturated heterocycles. The first-order chi connectivity index (χ1) is 10.7. The molecule has 112 valence electrons. The van der Waals surface area contributed by atoms with Crippen molar-refractivity contribution in [2.24, 2.45) is 0 Å². The number of fused-ring (bicyclic) bond motifs is 1. The van der Waals surface area contributed by atoms with Crippen molar-refractivity contribution in [2.45, 2.75) is 12.1 Å². The minimum atomic E-state index is -1.43. The van der Waals surface area contributed by atoms with Gasteiger partial charge in [0.05, 0.1) is 12.9 Å². The van der Waals surface area contributed by atoms with Crippen LogP contribution in [0, 0.1) is 0 Å². The predicted molar refractivity (Wildman–Crippen MR) is 82.8 cm³/mol. The van der Waals surface area contributed by atoms with Gasteiger partial charge in [-0.05, 0) is 17.7 Å². The molecule has 0 spiro atoms. The lowest BCUT2D eigenvalue weighted by atomic mass is 9.95. The summed E-state index contributed by atoms with van der Waals surface area (Å²) in [5.74, 6) is 0.684. The summed E-state index contributed by atoms with van der Waals surface area (Å²) in [7, 11) is 0. The summed E-state index contributed by atoms with van der Waals surface area (Å²) in [6, 6.07) is 7.00. The van der Waals surface area contributed by atoms with Gasteiger partial charge in [0, 0.05) is 18.0 Å². The molecule has 2 aromatic heterocycles. The van der Waals surface area contributed by atoms with Gasteiger partial charge in [0.1, 0.15) is 11.8 Å². The summed E-state index contributed by atoms with van der Waals surface area (Å²) in [6.45, 7) is 0.812. The molecule has 3 heterocycles. The van der Waals surface area contributed by atoms with E-state index in [1.54, 1.807) is 30.6 Å². The lowest BCUT2D eigenvalue weighted by Gasteiger charge is -2.22. The minimum absolute atomic E-state index is 0.235. The van der Waals surface area contributed by atoms with Crippen LogP contribution in [-0.4, -0.2) is 33.0 Å². The van der Waals surface area contributed by atoms with Crippen LogP contribution in [0.3, 0.4) is 0 Å². The largest absolute Gasteiger partial charge is 0.351 e. The Balaban J connectivity index is 1.69. The van der Waals surface area contributed by atoms with Gasteiger partial charge < -0.3 is 9.88 Å². The van der Waals surface area contributed by atoms with Gasteiger partial charge in [-0.2, -0.15) is 0 Å². The van der Waals surface area contributed by atoms with Crippen LogP contribution in [0.4, 0.5) is 10.2 Å². The van der Waals surface area contributed by atoms with Crippen LogP contribution < -0.4 is 4.90 Å². The highest BCUT2D eigenvalue weighted by Crippen LogP contribution is 2.39. The number of nitrogens with zero attached hydrogens (tertiary/aromatic N) is 4. The maximum atomic E-state index is 15.3. The first-order valence-electron chi connectivity index (χ1n) is 7.00. The molecule has 1 atom stereocenters. The molecule has 0 radical (unpaired) electrons. The van der Waals surface area contributed by atoms with Gasteiger partial charge in [-0.25, -0.2) is 19.3 Å². The van der Waals surface area contributed by atoms with Gasteiger partial charge in [0.15, 0.2) is 17.1 Å². The number of H-pyrrole nitrogens is 1. The van der Waals surface area contributed by atoms with E-state index in [1.165, 1.54) is 6.33 Å². The smallest absolute Gasteiger partial charge is 0.182 e. The van der Waals surface area contributed by atoms with Crippen LogP contribution in [0.15, 0.2) is 36.9 Å². The first-order valence-corrected chi connectivity index (χ1v) is 7.37. The van der Waals surface area contributed by atoms with Crippen LogP contribution in [0.2, 0.25) is 5.02 Å². The van der Waals surface area contributed by atoms with E-state index in [1.807, 2.05) is 4.90 Å². The molecule has 1 unspecified atom stereocenters. The third-order valence-electron chi connectivity index (χ3n) is 4.06. The molecule has 1 aliphatic heterocycles. The number of hydrogen-bond donors (Lipinski definition) is 1. The molecule has 1 aromatic carbocycles. The van der Waals surface area contributed by atoms with Crippen molar-refractivity contribution in [3.05, 3.63) is 47.5 Å². The molecule has 5 nitrogen and oxygen atoms in total. The standard InChI is InChI=1S/C15H13ClFN5/c16-11-3-1-2-10(6-11)15(17)4-5-22(7-15)14-12-13(19-8-18-12)20-9-21-14/h1-3,6,8-9H,4-5,7H2,(H,18,19,20,21). The first kappa shape index (κ1) is 13.5. The van der Waals surface area contributed by atoms with Crippen molar-refractivity contribution in [1.82, 2.24) is 19.9 Å². The number of aromatic amines is 1. The molecule has 0 saturated carbocycles. The van der Waals surface area contributed by atoms with Crippen molar-refractivity contribution in [3.63, 3.8) is 0 Å². The number of rotatable bonds is 2. The molecule has 4 rings (SSSR count). The zero-order valence-electron chi connectivity index (χ0n) is 11.6. The predicted octanol–water partition coefficient (Wildman–Crippen LogP) is 3.08. The van der Waals surface area contributed by atoms with Crippen molar-refractivity contribution >= 4 is 28.6 Å². The van der Waals surface area contributed by atoms with Crippen molar-refractivity contribution in [3.8, 4) is 0 Å². The molecule has 7 heteroatoms. The van der Waals surface area contributed by atoms with Crippen LogP contribution in [-0.2, 0) is 5.67 Å². The van der Waals surface area contributed by atoms with Gasteiger partial charge in [0.2, 0.25) is 0 Å². The summed E-state index contributed by atoms with van der Waals surface area (Å²) >= 11 is 5.99. The summed E-state index contributed by atoms with van der Waals surface area (Å²) < 4.78 is 15.3. The Hall–Kier alpha value is -2.21. The Morgan fingerprint density at radius 2 is 2.18 bits per heavy atom. The summed E-state index contributed by atoms with van der Waals surface area (Å²) in [4.78, 5) is 17.4. The van der Waals surface area contributed by atoms with E-state index in [4.69, 9.17) is 11.6 Å². The lowest BCUT2D eigenvalue weighted by Crippen LogP contribution is -2.27. The number of hydrogen-bond acceptors (Lipinski definition) is 4. The number of alkyl halides is 1. The van der Waals surface area contributed by atoms with E-state index in [0.29, 0.717) is 35.0 Å². The molecule has 22 heavy (non-hydrogen) atoms. The molecule has 0 amide bonds. The maximum Gasteiger partial charge on any atom is 0.182 e. The van der Waals surface area contributed by atoms with E-state index in [9.17, 15) is 0 Å². The third-order valence-corrected chi connectivity index (χ3v) is 4.30. The fourth-order valence-corrected chi connectivity index (χ4v) is 3.14. The van der Waals surface area contributed by atoms with E-state index in [-0.39, 0.29) is 6.54 Å². The number of anilines is 1. The second-order valence-corrected chi connectivity index (χ2v) is 5.88. The molecule has 3 aromatic rings. The maximum absolute atomic E-state index is 15.3. The highest BCUT2D eigenvalue weighted by molar-refractivity contribution is 6.30. The average molecular weight is 318 g/mol. The molecule has 1 N–H and O–H groups in total. The fraction of sp³-hybridized carbons (Fsp3) is 0.267. The normalized spacial score (nSPS) is 21.6. The second-order valence-electron chi connectivity index (χ2n) is 5.45. The Kier molecular flexibility index (Phi) is 3.00. The summed E-state index contributed by atoms with van der Waals surface area (Å²) in [6.07, 6.45) is 3.42. The summed E-state index contributed by atoms with van der Waals surface area (Å²) in [5.41, 5.74) is 0.502. The number of nitrogens with one attached hydrogen (secondary N) is 1. The molecule has 1 aliphatic rings. The van der Waals surface area contributed by atoms with Crippen molar-refractivity contribution in [1.29, 1.82) is 0 Å². The van der Waals surface area contributed by atoms with Crippen molar-refractivity contribution < 1.29 is 4.39 Å². The lowest BCUT2D eigenvalue weighted by molar-refractivity contribution is 0.196. The van der Waals surface area contributed by atoms with Crippen LogP contribution in [0.5, 0.6) is 0 Å². The Morgan fingerprint density at radius 3 is 3.05 bits per heavy atom. The Labute approximate surface area is 131 Å². The second kappa shape index (κ2) is 4.91. The summed E-state index contributed by atoms with van der Waals surface area (Å²) in [5, 5.41) is 0.547. The molecular weight excluding hydrogens is 305 g/mol. The van der Waals surface area contributed by atoms with Gasteiger partial charge in [0.25, 0.3) is 0 Å². The highest BCUT2D eigenvalue weighted by Gasteiger charge is 2.41. The monoisotopic (exact) mass is 317 g/mol. The van der Waals surface area contributed by atoms with E-state index < -0.39 is 5.67 Å². The molecule has 0 bridgehead atoms. The Morgan fingerprint density at radius 1 is 1.27 bits per heavy atom. The van der Waals surface area contributed by atoms with E-state index in [0.717, 1.165) is 5.52 Å². The molecule has 1 fully saturated rings. The van der Waals surface area contributed by atoms with Crippen LogP contribution in [0.1, 0.15) is 12.0 Å². The van der Waals surface area contributed by atoms with E-state index >= 15 is 4.39 Å². The number of imidazole rings is 1.